The first kappa shape index (κ1) is 12.0. The Hall–Kier alpha value is -0.470. The fraction of sp³-hybridized carbons (Fsp3) is 0.571. The third-order valence-electron chi connectivity index (χ3n) is 3.48. The fourth-order valence-electron chi connectivity index (χ4n) is 2.52. The molecule has 1 unspecified atom stereocenters. The number of aryl methyl sites for hydroxylation is 1. The summed E-state index contributed by atoms with van der Waals surface area (Å²) in [6.45, 7) is 2.47. The molecule has 0 spiro atoms. The van der Waals surface area contributed by atoms with Crippen LogP contribution in [-0.2, 0) is 6.42 Å². The first-order valence-corrected chi connectivity index (χ1v) is 6.81. The topological polar surface area (TPSA) is 3.24 Å². The standard InChI is InChI=1S/C14H21NS/c1-15-9-2-3-14(11-15)13-6-4-12(5-7-13)8-10-16/h4-7,14,16H,2-3,8-11H2,1H3. The molecule has 1 nitrogen and oxygen atoms in total. The minimum Gasteiger partial charge on any atom is -0.306 e. The molecule has 2 rings (SSSR count). The van der Waals surface area contributed by atoms with Crippen LogP contribution in [0.5, 0.6) is 0 Å². The Balaban J connectivity index is 2.03. The summed E-state index contributed by atoms with van der Waals surface area (Å²) in [7, 11) is 2.22. The van der Waals surface area contributed by atoms with Gasteiger partial charge in [0.05, 0.1) is 0 Å². The average Bonchev–Trinajstić information content (AvgIpc) is 2.30. The van der Waals surface area contributed by atoms with Crippen LogP contribution >= 0.6 is 12.6 Å². The summed E-state index contributed by atoms with van der Waals surface area (Å²) < 4.78 is 0. The first-order valence-electron chi connectivity index (χ1n) is 6.18. The maximum absolute atomic E-state index is 4.26. The Bertz CT molecular complexity index is 320. The molecule has 0 amide bonds. The molecule has 0 aromatic heterocycles. The monoisotopic (exact) mass is 235 g/mol. The third-order valence-corrected chi connectivity index (χ3v) is 3.70. The van der Waals surface area contributed by atoms with Gasteiger partial charge in [0.1, 0.15) is 0 Å². The van der Waals surface area contributed by atoms with E-state index >= 15 is 0 Å². The van der Waals surface area contributed by atoms with E-state index in [1.807, 2.05) is 0 Å². The Kier molecular flexibility index (Phi) is 4.30. The van der Waals surface area contributed by atoms with Gasteiger partial charge in [-0.05, 0) is 55.7 Å². The third kappa shape index (κ3) is 3.02. The van der Waals surface area contributed by atoms with Gasteiger partial charge >= 0.3 is 0 Å². The zero-order chi connectivity index (χ0) is 11.4. The molecule has 1 fully saturated rings. The van der Waals surface area contributed by atoms with Crippen molar-refractivity contribution in [3.8, 4) is 0 Å². The second-order valence-electron chi connectivity index (χ2n) is 4.82. The minimum absolute atomic E-state index is 0.740. The van der Waals surface area contributed by atoms with Gasteiger partial charge in [0.15, 0.2) is 0 Å². The number of benzene rings is 1. The van der Waals surface area contributed by atoms with Gasteiger partial charge in [-0.2, -0.15) is 12.6 Å². The van der Waals surface area contributed by atoms with Crippen molar-refractivity contribution >= 4 is 12.6 Å². The van der Waals surface area contributed by atoms with Gasteiger partial charge in [-0.25, -0.2) is 0 Å². The molecule has 0 bridgehead atoms. The Morgan fingerprint density at radius 3 is 2.69 bits per heavy atom. The minimum atomic E-state index is 0.740. The lowest BCUT2D eigenvalue weighted by molar-refractivity contribution is 0.251. The van der Waals surface area contributed by atoms with Crippen LogP contribution < -0.4 is 0 Å². The van der Waals surface area contributed by atoms with Gasteiger partial charge < -0.3 is 4.90 Å². The van der Waals surface area contributed by atoms with Crippen molar-refractivity contribution in [1.82, 2.24) is 4.90 Å². The molecule has 0 saturated carbocycles. The molecular formula is C14H21NS. The van der Waals surface area contributed by atoms with Crippen molar-refractivity contribution in [2.45, 2.75) is 25.2 Å². The maximum atomic E-state index is 4.26. The molecular weight excluding hydrogens is 214 g/mol. The summed E-state index contributed by atoms with van der Waals surface area (Å²) in [6, 6.07) is 9.14. The Morgan fingerprint density at radius 2 is 2.06 bits per heavy atom. The molecule has 2 heteroatoms. The van der Waals surface area contributed by atoms with E-state index in [0.29, 0.717) is 0 Å². The van der Waals surface area contributed by atoms with Gasteiger partial charge in [0.25, 0.3) is 0 Å². The molecule has 1 aromatic rings. The number of nitrogens with zero attached hydrogens (tertiary/aromatic N) is 1. The summed E-state index contributed by atoms with van der Waals surface area (Å²) in [4.78, 5) is 2.44. The summed E-state index contributed by atoms with van der Waals surface area (Å²) in [5, 5.41) is 0. The number of thiol groups is 1. The smallest absolute Gasteiger partial charge is 0.00472 e. The lowest BCUT2D eigenvalue weighted by atomic mass is 9.90. The van der Waals surface area contributed by atoms with Crippen molar-refractivity contribution < 1.29 is 0 Å². The molecule has 1 heterocycles. The second-order valence-corrected chi connectivity index (χ2v) is 5.26. The SMILES string of the molecule is CN1CCCC(c2ccc(CCS)cc2)C1. The summed E-state index contributed by atoms with van der Waals surface area (Å²) in [5.41, 5.74) is 2.91. The average molecular weight is 235 g/mol. The fourth-order valence-corrected chi connectivity index (χ4v) is 2.78. The van der Waals surface area contributed by atoms with Gasteiger partial charge in [-0.15, -0.1) is 0 Å². The predicted molar refractivity (Wildman–Crippen MR) is 73.5 cm³/mol. The van der Waals surface area contributed by atoms with Crippen LogP contribution in [0, 0.1) is 0 Å². The lowest BCUT2D eigenvalue weighted by Crippen LogP contribution is -2.30. The lowest BCUT2D eigenvalue weighted by Gasteiger charge is -2.30. The van der Waals surface area contributed by atoms with Crippen LogP contribution in [0.15, 0.2) is 24.3 Å². The number of rotatable bonds is 3. The zero-order valence-corrected chi connectivity index (χ0v) is 10.9. The normalized spacial score (nSPS) is 22.2. The molecule has 1 aliphatic heterocycles. The maximum Gasteiger partial charge on any atom is 0.00472 e. The van der Waals surface area contributed by atoms with Crippen molar-refractivity contribution in [1.29, 1.82) is 0 Å². The summed E-state index contributed by atoms with van der Waals surface area (Å²) >= 11 is 4.26. The van der Waals surface area contributed by atoms with E-state index in [0.717, 1.165) is 18.1 Å². The van der Waals surface area contributed by atoms with Crippen molar-refractivity contribution in [3.63, 3.8) is 0 Å². The number of likely N-dealkylation sites (N-methyl/N-ethyl adjacent to an activating group) is 1. The first-order chi connectivity index (χ1) is 7.79. The second kappa shape index (κ2) is 5.74. The van der Waals surface area contributed by atoms with Gasteiger partial charge in [-0.3, -0.25) is 0 Å². The molecule has 0 aliphatic carbocycles. The zero-order valence-electron chi connectivity index (χ0n) is 10.0. The largest absolute Gasteiger partial charge is 0.306 e. The van der Waals surface area contributed by atoms with Crippen molar-refractivity contribution in [2.75, 3.05) is 25.9 Å². The van der Waals surface area contributed by atoms with E-state index in [-0.39, 0.29) is 0 Å². The molecule has 16 heavy (non-hydrogen) atoms. The molecule has 1 atom stereocenters. The van der Waals surface area contributed by atoms with E-state index in [1.54, 1.807) is 0 Å². The highest BCUT2D eigenvalue weighted by atomic mass is 32.1. The molecule has 0 radical (unpaired) electrons. The molecule has 1 aliphatic rings. The Morgan fingerprint density at radius 1 is 1.31 bits per heavy atom. The van der Waals surface area contributed by atoms with Crippen LogP contribution in [0.25, 0.3) is 0 Å². The van der Waals surface area contributed by atoms with Crippen LogP contribution in [0.4, 0.5) is 0 Å². The molecule has 0 N–H and O–H groups in total. The predicted octanol–water partition coefficient (Wildman–Crippen LogP) is 2.97. The van der Waals surface area contributed by atoms with Crippen LogP contribution in [0.3, 0.4) is 0 Å². The van der Waals surface area contributed by atoms with Gasteiger partial charge in [-0.1, -0.05) is 24.3 Å². The highest BCUT2D eigenvalue weighted by Gasteiger charge is 2.18. The number of hydrogen-bond acceptors (Lipinski definition) is 2. The van der Waals surface area contributed by atoms with Gasteiger partial charge in [0, 0.05) is 6.54 Å². The summed E-state index contributed by atoms with van der Waals surface area (Å²) in [5.74, 6) is 1.68. The van der Waals surface area contributed by atoms with Crippen LogP contribution in [0.1, 0.15) is 29.9 Å². The van der Waals surface area contributed by atoms with Crippen LogP contribution in [0.2, 0.25) is 0 Å². The van der Waals surface area contributed by atoms with E-state index in [1.165, 1.54) is 37.1 Å². The molecule has 88 valence electrons. The van der Waals surface area contributed by atoms with Crippen LogP contribution in [-0.4, -0.2) is 30.8 Å². The highest BCUT2D eigenvalue weighted by molar-refractivity contribution is 7.80. The highest BCUT2D eigenvalue weighted by Crippen LogP contribution is 2.26. The van der Waals surface area contributed by atoms with Crippen molar-refractivity contribution in [2.24, 2.45) is 0 Å². The molecule has 1 saturated heterocycles. The number of piperidine rings is 1. The van der Waals surface area contributed by atoms with Gasteiger partial charge in [0.2, 0.25) is 0 Å². The van der Waals surface area contributed by atoms with E-state index in [4.69, 9.17) is 0 Å². The van der Waals surface area contributed by atoms with E-state index < -0.39 is 0 Å². The Labute approximate surface area is 104 Å². The van der Waals surface area contributed by atoms with Crippen molar-refractivity contribution in [3.05, 3.63) is 35.4 Å². The molecule has 1 aromatic carbocycles. The number of hydrogen-bond donors (Lipinski definition) is 1. The quantitative estimate of drug-likeness (QED) is 0.788. The number of likely N-dealkylation sites (tertiary alicyclic amines) is 1. The van der Waals surface area contributed by atoms with E-state index in [9.17, 15) is 0 Å². The van der Waals surface area contributed by atoms with E-state index in [2.05, 4.69) is 48.8 Å². The summed E-state index contributed by atoms with van der Waals surface area (Å²) in [6.07, 6.45) is 3.75.